The van der Waals surface area contributed by atoms with Gasteiger partial charge >= 0.3 is 0 Å². The van der Waals surface area contributed by atoms with Gasteiger partial charge in [-0.3, -0.25) is 0 Å². The first-order chi connectivity index (χ1) is 4.41. The molecule has 2 aliphatic heterocycles. The van der Waals surface area contributed by atoms with Crippen LogP contribution in [0.25, 0.3) is 0 Å². The third-order valence-electron chi connectivity index (χ3n) is 2.37. The molecule has 0 aliphatic carbocycles. The Labute approximate surface area is 55.1 Å². The molecule has 9 heavy (non-hydrogen) atoms. The molecule has 2 heteroatoms. The summed E-state index contributed by atoms with van der Waals surface area (Å²) in [5.74, 6) is 0. The van der Waals surface area contributed by atoms with Gasteiger partial charge in [0, 0.05) is 18.6 Å². The molecule has 1 spiro atoms. The largest absolute Gasteiger partial charge is 0.381 e. The molecule has 2 heterocycles. The summed E-state index contributed by atoms with van der Waals surface area (Å²) in [6.45, 7) is 3.86. The Bertz CT molecular complexity index is 99.5. The van der Waals surface area contributed by atoms with Gasteiger partial charge < -0.3 is 9.47 Å². The minimum absolute atomic E-state index is 0.554. The van der Waals surface area contributed by atoms with E-state index in [1.807, 2.05) is 0 Å². The van der Waals surface area contributed by atoms with E-state index in [0.29, 0.717) is 5.41 Å². The molecular formula is C7H12O2. The summed E-state index contributed by atoms with van der Waals surface area (Å²) >= 11 is 0. The van der Waals surface area contributed by atoms with Crippen LogP contribution in [0.3, 0.4) is 0 Å². The molecule has 0 N–H and O–H groups in total. The SMILES string of the molecule is C1CC2(CCO1)COC2. The molecule has 52 valence electrons. The molecule has 0 radical (unpaired) electrons. The molecular weight excluding hydrogens is 116 g/mol. The van der Waals surface area contributed by atoms with E-state index in [-0.39, 0.29) is 0 Å². The highest BCUT2D eigenvalue weighted by Crippen LogP contribution is 2.37. The highest BCUT2D eigenvalue weighted by molar-refractivity contribution is 4.86. The maximum atomic E-state index is 5.25. The predicted molar refractivity (Wildman–Crippen MR) is 33.3 cm³/mol. The van der Waals surface area contributed by atoms with Crippen molar-refractivity contribution in [1.29, 1.82) is 0 Å². The van der Waals surface area contributed by atoms with E-state index in [2.05, 4.69) is 0 Å². The van der Waals surface area contributed by atoms with E-state index in [1.54, 1.807) is 0 Å². The van der Waals surface area contributed by atoms with Crippen molar-refractivity contribution in [3.8, 4) is 0 Å². The molecule has 0 atom stereocenters. The van der Waals surface area contributed by atoms with E-state index in [4.69, 9.17) is 9.47 Å². The fraction of sp³-hybridized carbons (Fsp3) is 1.00. The summed E-state index contributed by atoms with van der Waals surface area (Å²) in [6, 6.07) is 0. The first-order valence-electron chi connectivity index (χ1n) is 3.57. The van der Waals surface area contributed by atoms with Crippen LogP contribution < -0.4 is 0 Å². The van der Waals surface area contributed by atoms with Crippen LogP contribution in [-0.4, -0.2) is 26.4 Å². The minimum atomic E-state index is 0.554. The number of ether oxygens (including phenoxy) is 2. The standard InChI is InChI=1S/C7H12O2/c1-3-8-4-2-7(1)5-9-6-7/h1-6H2. The second-order valence-corrected chi connectivity index (χ2v) is 3.11. The van der Waals surface area contributed by atoms with Gasteiger partial charge in [-0.1, -0.05) is 0 Å². The van der Waals surface area contributed by atoms with Gasteiger partial charge in [0.25, 0.3) is 0 Å². The van der Waals surface area contributed by atoms with Crippen molar-refractivity contribution in [3.63, 3.8) is 0 Å². The van der Waals surface area contributed by atoms with Crippen molar-refractivity contribution in [1.82, 2.24) is 0 Å². The summed E-state index contributed by atoms with van der Waals surface area (Å²) in [6.07, 6.45) is 2.43. The smallest absolute Gasteiger partial charge is 0.0546 e. The van der Waals surface area contributed by atoms with Gasteiger partial charge in [-0.05, 0) is 12.8 Å². The number of rotatable bonds is 0. The topological polar surface area (TPSA) is 18.5 Å². The molecule has 0 amide bonds. The molecule has 2 nitrogen and oxygen atoms in total. The molecule has 0 aromatic heterocycles. The lowest BCUT2D eigenvalue weighted by atomic mass is 9.79. The van der Waals surface area contributed by atoms with E-state index in [9.17, 15) is 0 Å². The Morgan fingerprint density at radius 3 is 1.89 bits per heavy atom. The third kappa shape index (κ3) is 0.864. The van der Waals surface area contributed by atoms with Crippen LogP contribution in [-0.2, 0) is 9.47 Å². The molecule has 0 unspecified atom stereocenters. The molecule has 2 rings (SSSR count). The summed E-state index contributed by atoms with van der Waals surface area (Å²) in [7, 11) is 0. The van der Waals surface area contributed by atoms with Crippen LogP contribution in [0.2, 0.25) is 0 Å². The van der Waals surface area contributed by atoms with Gasteiger partial charge in [-0.2, -0.15) is 0 Å². The Morgan fingerprint density at radius 2 is 1.56 bits per heavy atom. The monoisotopic (exact) mass is 128 g/mol. The summed E-state index contributed by atoms with van der Waals surface area (Å²) in [5, 5.41) is 0. The lowest BCUT2D eigenvalue weighted by Crippen LogP contribution is -2.46. The number of hydrogen-bond donors (Lipinski definition) is 0. The lowest BCUT2D eigenvalue weighted by molar-refractivity contribution is -0.157. The van der Waals surface area contributed by atoms with Crippen LogP contribution in [0.1, 0.15) is 12.8 Å². The van der Waals surface area contributed by atoms with Gasteiger partial charge in [0.15, 0.2) is 0 Å². The Balaban J connectivity index is 1.93. The average molecular weight is 128 g/mol. The maximum Gasteiger partial charge on any atom is 0.0546 e. The van der Waals surface area contributed by atoms with Gasteiger partial charge in [0.05, 0.1) is 13.2 Å². The Kier molecular flexibility index (Phi) is 1.24. The second-order valence-electron chi connectivity index (χ2n) is 3.11. The van der Waals surface area contributed by atoms with Gasteiger partial charge in [-0.15, -0.1) is 0 Å². The van der Waals surface area contributed by atoms with Gasteiger partial charge in [0.1, 0.15) is 0 Å². The summed E-state index contributed by atoms with van der Waals surface area (Å²) < 4.78 is 10.4. The maximum absolute atomic E-state index is 5.25. The van der Waals surface area contributed by atoms with Crippen molar-refractivity contribution in [3.05, 3.63) is 0 Å². The zero-order valence-corrected chi connectivity index (χ0v) is 5.56. The Morgan fingerprint density at radius 1 is 0.889 bits per heavy atom. The van der Waals surface area contributed by atoms with Crippen LogP contribution >= 0.6 is 0 Å². The molecule has 0 bridgehead atoms. The highest BCUT2D eigenvalue weighted by Gasteiger charge is 2.39. The molecule has 0 aromatic rings. The van der Waals surface area contributed by atoms with Crippen molar-refractivity contribution in [2.24, 2.45) is 5.41 Å². The van der Waals surface area contributed by atoms with Gasteiger partial charge in [-0.25, -0.2) is 0 Å². The molecule has 2 saturated heterocycles. The Hall–Kier alpha value is -0.0800. The van der Waals surface area contributed by atoms with Crippen molar-refractivity contribution < 1.29 is 9.47 Å². The fourth-order valence-corrected chi connectivity index (χ4v) is 1.48. The predicted octanol–water partition coefficient (Wildman–Crippen LogP) is 0.813. The first kappa shape index (κ1) is 5.69. The van der Waals surface area contributed by atoms with Crippen LogP contribution in [0.15, 0.2) is 0 Å². The normalized spacial score (nSPS) is 32.0. The molecule has 2 fully saturated rings. The van der Waals surface area contributed by atoms with E-state index in [0.717, 1.165) is 26.4 Å². The third-order valence-corrected chi connectivity index (χ3v) is 2.37. The number of hydrogen-bond acceptors (Lipinski definition) is 2. The molecule has 0 aromatic carbocycles. The van der Waals surface area contributed by atoms with Crippen molar-refractivity contribution >= 4 is 0 Å². The zero-order valence-electron chi connectivity index (χ0n) is 5.56. The first-order valence-corrected chi connectivity index (χ1v) is 3.57. The quantitative estimate of drug-likeness (QED) is 0.480. The lowest BCUT2D eigenvalue weighted by Gasteiger charge is -2.43. The van der Waals surface area contributed by atoms with Crippen molar-refractivity contribution in [2.45, 2.75) is 12.8 Å². The van der Waals surface area contributed by atoms with Crippen LogP contribution in [0, 0.1) is 5.41 Å². The summed E-state index contributed by atoms with van der Waals surface area (Å²) in [4.78, 5) is 0. The van der Waals surface area contributed by atoms with E-state index >= 15 is 0 Å². The van der Waals surface area contributed by atoms with E-state index < -0.39 is 0 Å². The molecule has 2 aliphatic rings. The van der Waals surface area contributed by atoms with E-state index in [1.165, 1.54) is 12.8 Å². The van der Waals surface area contributed by atoms with Crippen molar-refractivity contribution in [2.75, 3.05) is 26.4 Å². The minimum Gasteiger partial charge on any atom is -0.381 e. The molecule has 0 saturated carbocycles. The van der Waals surface area contributed by atoms with Crippen LogP contribution in [0.4, 0.5) is 0 Å². The fourth-order valence-electron chi connectivity index (χ4n) is 1.48. The highest BCUT2D eigenvalue weighted by atomic mass is 16.5. The second kappa shape index (κ2) is 1.96. The zero-order chi connectivity index (χ0) is 6.16. The van der Waals surface area contributed by atoms with Crippen LogP contribution in [0.5, 0.6) is 0 Å². The van der Waals surface area contributed by atoms with Gasteiger partial charge in [0.2, 0.25) is 0 Å². The average Bonchev–Trinajstić information content (AvgIpc) is 1.87. The summed E-state index contributed by atoms with van der Waals surface area (Å²) in [5.41, 5.74) is 0.554.